The number of pyridine rings is 1. The molecule has 0 unspecified atom stereocenters. The van der Waals surface area contributed by atoms with Gasteiger partial charge in [-0.3, -0.25) is 4.79 Å². The lowest BCUT2D eigenvalue weighted by Gasteiger charge is -2.10. The monoisotopic (exact) mass is 375 g/mol. The number of aryl methyl sites for hydroxylation is 2. The van der Waals surface area contributed by atoms with Crippen molar-refractivity contribution >= 4 is 29.1 Å². The predicted octanol–water partition coefficient (Wildman–Crippen LogP) is 4.48. The average Bonchev–Trinajstić information content (AvgIpc) is 2.67. The van der Waals surface area contributed by atoms with Crippen molar-refractivity contribution in [2.75, 3.05) is 17.7 Å². The Morgan fingerprint density at radius 3 is 2.36 bits per heavy atom. The van der Waals surface area contributed by atoms with Gasteiger partial charge in [-0.2, -0.15) is 0 Å². The van der Waals surface area contributed by atoms with Gasteiger partial charge in [-0.1, -0.05) is 12.1 Å². The van der Waals surface area contributed by atoms with Gasteiger partial charge in [-0.25, -0.2) is 9.78 Å². The summed E-state index contributed by atoms with van der Waals surface area (Å²) >= 11 is 0. The van der Waals surface area contributed by atoms with Gasteiger partial charge in [0, 0.05) is 23.1 Å². The number of ether oxygens (including phenoxy) is 1. The third-order valence-corrected chi connectivity index (χ3v) is 4.06. The van der Waals surface area contributed by atoms with E-state index in [-0.39, 0.29) is 5.91 Å². The molecule has 0 atom stereocenters. The zero-order valence-electron chi connectivity index (χ0n) is 15.9. The van der Waals surface area contributed by atoms with Gasteiger partial charge in [0.15, 0.2) is 0 Å². The Balaban J connectivity index is 1.76. The van der Waals surface area contributed by atoms with Crippen LogP contribution in [0.15, 0.2) is 60.8 Å². The first-order chi connectivity index (χ1) is 13.4. The summed E-state index contributed by atoms with van der Waals surface area (Å²) in [6.45, 7) is 4.05. The van der Waals surface area contributed by atoms with Crippen LogP contribution in [0, 0.1) is 13.8 Å². The smallest absolute Gasteiger partial charge is 0.337 e. The lowest BCUT2D eigenvalue weighted by Crippen LogP contribution is -2.13. The molecular formula is C22H21N3O3. The van der Waals surface area contributed by atoms with Gasteiger partial charge < -0.3 is 15.4 Å². The van der Waals surface area contributed by atoms with Crippen LogP contribution in [0.5, 0.6) is 0 Å². The van der Waals surface area contributed by atoms with Crippen molar-refractivity contribution < 1.29 is 14.3 Å². The minimum atomic E-state index is -0.458. The number of methoxy groups -OCH3 is 1. The average molecular weight is 375 g/mol. The lowest BCUT2D eigenvalue weighted by molar-refractivity contribution is 0.0600. The highest BCUT2D eigenvalue weighted by Gasteiger charge is 2.10. The number of carbonyl (C=O) groups excluding carboxylic acids is 2. The molecule has 0 saturated heterocycles. The summed E-state index contributed by atoms with van der Waals surface area (Å²) < 4.78 is 4.70. The number of nitrogens with one attached hydrogen (secondary N) is 2. The van der Waals surface area contributed by atoms with Crippen LogP contribution in [0.3, 0.4) is 0 Å². The summed E-state index contributed by atoms with van der Waals surface area (Å²) in [4.78, 5) is 28.5. The molecule has 0 aliphatic rings. The second-order valence-electron chi connectivity index (χ2n) is 6.46. The number of esters is 1. The van der Waals surface area contributed by atoms with Crippen LogP contribution in [0.1, 0.15) is 31.8 Å². The number of anilines is 3. The first kappa shape index (κ1) is 19.1. The van der Waals surface area contributed by atoms with Crippen LogP contribution in [-0.4, -0.2) is 24.0 Å². The Labute approximate surface area is 163 Å². The van der Waals surface area contributed by atoms with E-state index in [4.69, 9.17) is 4.74 Å². The zero-order chi connectivity index (χ0) is 20.1. The van der Waals surface area contributed by atoms with Crippen molar-refractivity contribution in [3.8, 4) is 0 Å². The van der Waals surface area contributed by atoms with Crippen LogP contribution in [0.4, 0.5) is 17.2 Å². The van der Waals surface area contributed by atoms with E-state index < -0.39 is 5.97 Å². The van der Waals surface area contributed by atoms with Crippen LogP contribution in [0.25, 0.3) is 0 Å². The second-order valence-corrected chi connectivity index (χ2v) is 6.46. The number of amides is 1. The first-order valence-corrected chi connectivity index (χ1v) is 8.76. The van der Waals surface area contributed by atoms with Gasteiger partial charge in [-0.15, -0.1) is 0 Å². The molecule has 0 radical (unpaired) electrons. The number of hydrogen-bond acceptors (Lipinski definition) is 5. The standard InChI is InChI=1S/C22H21N3O3/c1-14-9-15(2)11-19(10-14)24-20-13-16(7-8-23-20)21(26)25-18-6-4-5-17(12-18)22(27)28-3/h4-13H,1-3H3,(H,23,24)(H,25,26). The molecule has 2 N–H and O–H groups in total. The largest absolute Gasteiger partial charge is 0.465 e. The van der Waals surface area contributed by atoms with E-state index in [2.05, 4.69) is 21.7 Å². The number of rotatable bonds is 5. The van der Waals surface area contributed by atoms with Crippen LogP contribution in [0.2, 0.25) is 0 Å². The van der Waals surface area contributed by atoms with Crippen molar-refractivity contribution in [2.45, 2.75) is 13.8 Å². The van der Waals surface area contributed by atoms with Gasteiger partial charge in [0.25, 0.3) is 5.91 Å². The van der Waals surface area contributed by atoms with Gasteiger partial charge in [-0.05, 0) is 67.4 Å². The Morgan fingerprint density at radius 2 is 1.64 bits per heavy atom. The molecule has 3 aromatic rings. The number of benzene rings is 2. The fourth-order valence-electron chi connectivity index (χ4n) is 2.88. The molecule has 142 valence electrons. The fraction of sp³-hybridized carbons (Fsp3) is 0.136. The van der Waals surface area contributed by atoms with E-state index in [9.17, 15) is 9.59 Å². The topological polar surface area (TPSA) is 80.3 Å². The van der Waals surface area contributed by atoms with E-state index in [1.54, 1.807) is 42.6 Å². The molecule has 0 aliphatic heterocycles. The molecule has 0 bridgehead atoms. The molecule has 0 saturated carbocycles. The summed E-state index contributed by atoms with van der Waals surface area (Å²) in [5.41, 5.74) is 4.52. The number of aromatic nitrogens is 1. The van der Waals surface area contributed by atoms with E-state index in [1.165, 1.54) is 7.11 Å². The molecule has 28 heavy (non-hydrogen) atoms. The molecule has 0 aliphatic carbocycles. The fourth-order valence-corrected chi connectivity index (χ4v) is 2.88. The van der Waals surface area contributed by atoms with E-state index in [0.29, 0.717) is 22.6 Å². The summed E-state index contributed by atoms with van der Waals surface area (Å²) in [5, 5.41) is 6.01. The maximum absolute atomic E-state index is 12.6. The highest BCUT2D eigenvalue weighted by atomic mass is 16.5. The third-order valence-electron chi connectivity index (χ3n) is 4.06. The molecule has 6 nitrogen and oxygen atoms in total. The van der Waals surface area contributed by atoms with Gasteiger partial charge >= 0.3 is 5.97 Å². The SMILES string of the molecule is COC(=O)c1cccc(NC(=O)c2ccnc(Nc3cc(C)cc(C)c3)c2)c1. The first-order valence-electron chi connectivity index (χ1n) is 8.76. The van der Waals surface area contributed by atoms with E-state index in [1.807, 2.05) is 26.0 Å². The van der Waals surface area contributed by atoms with Gasteiger partial charge in [0.1, 0.15) is 5.82 Å². The summed E-state index contributed by atoms with van der Waals surface area (Å²) in [6, 6.07) is 16.0. The molecule has 3 rings (SSSR count). The van der Waals surface area contributed by atoms with Crippen molar-refractivity contribution in [1.82, 2.24) is 4.98 Å². The van der Waals surface area contributed by atoms with Crippen LogP contribution < -0.4 is 10.6 Å². The maximum atomic E-state index is 12.6. The Morgan fingerprint density at radius 1 is 0.893 bits per heavy atom. The molecule has 0 spiro atoms. The number of hydrogen-bond donors (Lipinski definition) is 2. The zero-order valence-corrected chi connectivity index (χ0v) is 15.9. The summed E-state index contributed by atoms with van der Waals surface area (Å²) in [6.07, 6.45) is 1.57. The van der Waals surface area contributed by atoms with E-state index in [0.717, 1.165) is 16.8 Å². The van der Waals surface area contributed by atoms with Crippen molar-refractivity contribution in [1.29, 1.82) is 0 Å². The number of carbonyl (C=O) groups is 2. The Bertz CT molecular complexity index is 1010. The quantitative estimate of drug-likeness (QED) is 0.643. The molecule has 6 heteroatoms. The third kappa shape index (κ3) is 4.73. The predicted molar refractivity (Wildman–Crippen MR) is 109 cm³/mol. The van der Waals surface area contributed by atoms with Crippen LogP contribution >= 0.6 is 0 Å². The molecular weight excluding hydrogens is 354 g/mol. The molecule has 1 aromatic heterocycles. The minimum Gasteiger partial charge on any atom is -0.465 e. The normalized spacial score (nSPS) is 10.2. The van der Waals surface area contributed by atoms with Crippen LogP contribution in [-0.2, 0) is 4.74 Å². The van der Waals surface area contributed by atoms with Crippen molar-refractivity contribution in [3.63, 3.8) is 0 Å². The highest BCUT2D eigenvalue weighted by molar-refractivity contribution is 6.05. The lowest BCUT2D eigenvalue weighted by atomic mass is 10.1. The van der Waals surface area contributed by atoms with Crippen molar-refractivity contribution in [2.24, 2.45) is 0 Å². The molecule has 0 fully saturated rings. The van der Waals surface area contributed by atoms with Crippen molar-refractivity contribution in [3.05, 3.63) is 83.0 Å². The number of nitrogens with zero attached hydrogens (tertiary/aromatic N) is 1. The maximum Gasteiger partial charge on any atom is 0.337 e. The summed E-state index contributed by atoms with van der Waals surface area (Å²) in [5.74, 6) is -0.186. The van der Waals surface area contributed by atoms with Gasteiger partial charge in [0.05, 0.1) is 12.7 Å². The second kappa shape index (κ2) is 8.35. The molecule has 2 aromatic carbocycles. The molecule has 1 amide bonds. The Kier molecular flexibility index (Phi) is 5.69. The molecule has 1 heterocycles. The minimum absolute atomic E-state index is 0.298. The highest BCUT2D eigenvalue weighted by Crippen LogP contribution is 2.19. The van der Waals surface area contributed by atoms with E-state index >= 15 is 0 Å². The van der Waals surface area contributed by atoms with Gasteiger partial charge in [0.2, 0.25) is 0 Å². The summed E-state index contributed by atoms with van der Waals surface area (Å²) in [7, 11) is 1.31. The Hall–Kier alpha value is -3.67.